The van der Waals surface area contributed by atoms with Gasteiger partial charge >= 0.3 is 5.97 Å². The highest BCUT2D eigenvalue weighted by Gasteiger charge is 2.31. The van der Waals surface area contributed by atoms with Crippen molar-refractivity contribution in [2.24, 2.45) is 0 Å². The Labute approximate surface area is 131 Å². The zero-order valence-corrected chi connectivity index (χ0v) is 11.9. The van der Waals surface area contributed by atoms with Crippen molar-refractivity contribution in [2.45, 2.75) is 12.5 Å². The average Bonchev–Trinajstić information content (AvgIpc) is 2.55. The number of rotatable bonds is 3. The van der Waals surface area contributed by atoms with Crippen molar-refractivity contribution in [3.05, 3.63) is 69.8 Å². The summed E-state index contributed by atoms with van der Waals surface area (Å²) in [6, 6.07) is 12.7. The number of esters is 1. The first-order chi connectivity index (χ1) is 11.1. The second kappa shape index (κ2) is 5.88. The molecule has 3 rings (SSSR count). The number of carbonyl (C=O) groups excluding carboxylic acids is 2. The Kier molecular flexibility index (Phi) is 3.76. The molecule has 1 N–H and O–H groups in total. The number of nitro benzene ring substituents is 1. The summed E-state index contributed by atoms with van der Waals surface area (Å²) in [7, 11) is 0. The molecule has 0 fully saturated rings. The van der Waals surface area contributed by atoms with Gasteiger partial charge in [0.2, 0.25) is 0 Å². The molecule has 0 spiro atoms. The Morgan fingerprint density at radius 2 is 1.87 bits per heavy atom. The fourth-order valence-electron chi connectivity index (χ4n) is 2.43. The van der Waals surface area contributed by atoms with Gasteiger partial charge in [-0.3, -0.25) is 14.9 Å². The number of nitrogens with one attached hydrogen (secondary N) is 1. The van der Waals surface area contributed by atoms with Gasteiger partial charge in [0.1, 0.15) is 5.69 Å². The predicted octanol–water partition coefficient (Wildman–Crippen LogP) is 2.32. The Bertz CT molecular complexity index is 803. The Hall–Kier alpha value is -3.22. The third-order valence-electron chi connectivity index (χ3n) is 3.54. The normalized spacial score (nSPS) is 16.2. The molecule has 0 radical (unpaired) electrons. The lowest BCUT2D eigenvalue weighted by Gasteiger charge is -2.23. The van der Waals surface area contributed by atoms with Gasteiger partial charge in [0.25, 0.3) is 11.6 Å². The molecule has 2 aromatic carbocycles. The highest BCUT2D eigenvalue weighted by molar-refractivity contribution is 6.00. The molecule has 1 aliphatic rings. The van der Waals surface area contributed by atoms with Gasteiger partial charge in [0.15, 0.2) is 6.10 Å². The molecule has 1 amide bonds. The molecule has 1 heterocycles. The van der Waals surface area contributed by atoms with E-state index < -0.39 is 22.9 Å². The topological polar surface area (TPSA) is 98.5 Å². The maximum atomic E-state index is 12.3. The van der Waals surface area contributed by atoms with E-state index in [0.717, 1.165) is 0 Å². The van der Waals surface area contributed by atoms with Crippen molar-refractivity contribution in [1.29, 1.82) is 0 Å². The largest absolute Gasteiger partial charge is 0.448 e. The molecule has 1 atom stereocenters. The molecule has 7 heteroatoms. The van der Waals surface area contributed by atoms with Gasteiger partial charge in [-0.25, -0.2) is 4.79 Å². The van der Waals surface area contributed by atoms with Gasteiger partial charge in [-0.1, -0.05) is 30.3 Å². The van der Waals surface area contributed by atoms with Gasteiger partial charge in [-0.05, 0) is 17.7 Å². The van der Waals surface area contributed by atoms with Crippen LogP contribution in [0.3, 0.4) is 0 Å². The summed E-state index contributed by atoms with van der Waals surface area (Å²) in [5, 5.41) is 13.4. The quantitative estimate of drug-likeness (QED) is 0.532. The molecule has 1 aliphatic heterocycles. The van der Waals surface area contributed by atoms with E-state index in [1.165, 1.54) is 18.2 Å². The van der Waals surface area contributed by atoms with Crippen LogP contribution in [0, 0.1) is 10.1 Å². The van der Waals surface area contributed by atoms with Crippen LogP contribution in [-0.2, 0) is 16.0 Å². The first-order valence-corrected chi connectivity index (χ1v) is 6.89. The second-order valence-electron chi connectivity index (χ2n) is 5.02. The molecule has 116 valence electrons. The number of carbonyl (C=O) groups is 2. The van der Waals surface area contributed by atoms with Crippen molar-refractivity contribution >= 4 is 23.3 Å². The monoisotopic (exact) mass is 312 g/mol. The minimum absolute atomic E-state index is 0.0670. The van der Waals surface area contributed by atoms with Gasteiger partial charge in [0.05, 0.1) is 10.5 Å². The van der Waals surface area contributed by atoms with E-state index in [-0.39, 0.29) is 17.8 Å². The van der Waals surface area contributed by atoms with Crippen LogP contribution in [0.1, 0.15) is 15.9 Å². The van der Waals surface area contributed by atoms with Crippen molar-refractivity contribution < 1.29 is 19.2 Å². The summed E-state index contributed by atoms with van der Waals surface area (Å²) in [4.78, 5) is 34.6. The van der Waals surface area contributed by atoms with Crippen LogP contribution in [0.15, 0.2) is 48.5 Å². The molecule has 0 saturated heterocycles. The van der Waals surface area contributed by atoms with E-state index in [1.807, 2.05) is 0 Å². The number of benzene rings is 2. The number of anilines is 1. The van der Waals surface area contributed by atoms with E-state index in [4.69, 9.17) is 4.74 Å². The highest BCUT2D eigenvalue weighted by atomic mass is 16.6. The molecule has 0 saturated carbocycles. The number of para-hydroxylation sites is 2. The number of amides is 1. The maximum absolute atomic E-state index is 12.3. The van der Waals surface area contributed by atoms with Crippen LogP contribution in [0.5, 0.6) is 0 Å². The SMILES string of the molecule is O=C1OC(C(=O)Nc2ccccc2[N+](=O)[O-])Cc2ccccc21. The zero-order valence-electron chi connectivity index (χ0n) is 11.9. The highest BCUT2D eigenvalue weighted by Crippen LogP contribution is 2.25. The molecular formula is C16H12N2O5. The van der Waals surface area contributed by atoms with Crippen LogP contribution >= 0.6 is 0 Å². The number of nitro groups is 1. The third-order valence-corrected chi connectivity index (χ3v) is 3.54. The fourth-order valence-corrected chi connectivity index (χ4v) is 2.43. The van der Waals surface area contributed by atoms with Gasteiger partial charge in [0, 0.05) is 12.5 Å². The lowest BCUT2D eigenvalue weighted by molar-refractivity contribution is -0.383. The average molecular weight is 312 g/mol. The van der Waals surface area contributed by atoms with E-state index in [1.54, 1.807) is 30.3 Å². The lowest BCUT2D eigenvalue weighted by atomic mass is 9.98. The van der Waals surface area contributed by atoms with Crippen LogP contribution in [0.2, 0.25) is 0 Å². The first-order valence-electron chi connectivity index (χ1n) is 6.89. The summed E-state index contributed by atoms with van der Waals surface area (Å²) in [6.45, 7) is 0. The van der Waals surface area contributed by atoms with Crippen LogP contribution in [-0.4, -0.2) is 22.9 Å². The second-order valence-corrected chi connectivity index (χ2v) is 5.02. The maximum Gasteiger partial charge on any atom is 0.339 e. The summed E-state index contributed by atoms with van der Waals surface area (Å²) >= 11 is 0. The Morgan fingerprint density at radius 3 is 2.65 bits per heavy atom. The van der Waals surface area contributed by atoms with Gasteiger partial charge in [-0.2, -0.15) is 0 Å². The van der Waals surface area contributed by atoms with Crippen molar-refractivity contribution in [3.8, 4) is 0 Å². The molecule has 0 aliphatic carbocycles. The van der Waals surface area contributed by atoms with E-state index >= 15 is 0 Å². The summed E-state index contributed by atoms with van der Waals surface area (Å²) in [6.07, 6.45) is -0.786. The van der Waals surface area contributed by atoms with Gasteiger partial charge < -0.3 is 10.1 Å². The standard InChI is InChI=1S/C16H12N2O5/c19-15(17-12-7-3-4-8-13(12)18(21)22)14-9-10-5-1-2-6-11(10)16(20)23-14/h1-8,14H,9H2,(H,17,19). The number of hydrogen-bond donors (Lipinski definition) is 1. The number of hydrogen-bond acceptors (Lipinski definition) is 5. The molecule has 7 nitrogen and oxygen atoms in total. The number of ether oxygens (including phenoxy) is 1. The molecule has 2 aromatic rings. The number of nitrogens with zero attached hydrogens (tertiary/aromatic N) is 1. The van der Waals surface area contributed by atoms with E-state index in [0.29, 0.717) is 11.1 Å². The first kappa shape index (κ1) is 14.7. The predicted molar refractivity (Wildman–Crippen MR) is 81.1 cm³/mol. The van der Waals surface area contributed by atoms with Crippen molar-refractivity contribution in [2.75, 3.05) is 5.32 Å². The number of cyclic esters (lactones) is 1. The van der Waals surface area contributed by atoms with Crippen LogP contribution in [0.25, 0.3) is 0 Å². The molecular weight excluding hydrogens is 300 g/mol. The minimum Gasteiger partial charge on any atom is -0.448 e. The fraction of sp³-hybridized carbons (Fsp3) is 0.125. The Balaban J connectivity index is 1.81. The summed E-state index contributed by atoms with van der Waals surface area (Å²) < 4.78 is 5.13. The van der Waals surface area contributed by atoms with Crippen molar-refractivity contribution in [3.63, 3.8) is 0 Å². The van der Waals surface area contributed by atoms with Crippen molar-refractivity contribution in [1.82, 2.24) is 0 Å². The zero-order chi connectivity index (χ0) is 16.4. The lowest BCUT2D eigenvalue weighted by Crippen LogP contribution is -2.38. The third kappa shape index (κ3) is 2.89. The molecule has 23 heavy (non-hydrogen) atoms. The summed E-state index contributed by atoms with van der Waals surface area (Å²) in [5.74, 6) is -1.17. The molecule has 1 unspecified atom stereocenters. The van der Waals surface area contributed by atoms with Gasteiger partial charge in [-0.15, -0.1) is 0 Å². The van der Waals surface area contributed by atoms with Crippen LogP contribution in [0.4, 0.5) is 11.4 Å². The number of fused-ring (bicyclic) bond motifs is 1. The van der Waals surface area contributed by atoms with E-state index in [9.17, 15) is 19.7 Å². The van der Waals surface area contributed by atoms with Crippen LogP contribution < -0.4 is 5.32 Å². The summed E-state index contributed by atoms with van der Waals surface area (Å²) in [5.41, 5.74) is 0.995. The molecule has 0 bridgehead atoms. The smallest absolute Gasteiger partial charge is 0.339 e. The molecule has 0 aromatic heterocycles. The Morgan fingerprint density at radius 1 is 1.17 bits per heavy atom. The minimum atomic E-state index is -1.02. The van der Waals surface area contributed by atoms with E-state index in [2.05, 4.69) is 5.32 Å².